The molecule has 25 heavy (non-hydrogen) atoms. The van der Waals surface area contributed by atoms with E-state index in [2.05, 4.69) is 20.3 Å². The lowest BCUT2D eigenvalue weighted by Crippen LogP contribution is -2.41. The Morgan fingerprint density at radius 1 is 1.36 bits per heavy atom. The van der Waals surface area contributed by atoms with E-state index >= 15 is 0 Å². The van der Waals surface area contributed by atoms with E-state index in [0.29, 0.717) is 29.7 Å². The predicted molar refractivity (Wildman–Crippen MR) is 89.2 cm³/mol. The van der Waals surface area contributed by atoms with Crippen molar-refractivity contribution >= 4 is 17.2 Å². The molecule has 1 aliphatic rings. The van der Waals surface area contributed by atoms with E-state index in [1.54, 1.807) is 28.9 Å². The summed E-state index contributed by atoms with van der Waals surface area (Å²) in [7, 11) is 0. The summed E-state index contributed by atoms with van der Waals surface area (Å²) in [5.41, 5.74) is 2.74. The zero-order valence-corrected chi connectivity index (χ0v) is 14.1. The van der Waals surface area contributed by atoms with Gasteiger partial charge in [-0.2, -0.15) is 0 Å². The van der Waals surface area contributed by atoms with Crippen molar-refractivity contribution in [2.24, 2.45) is 0 Å². The van der Waals surface area contributed by atoms with Crippen LogP contribution in [0.5, 0.6) is 5.19 Å². The molecule has 1 fully saturated rings. The van der Waals surface area contributed by atoms with E-state index in [4.69, 9.17) is 9.26 Å². The van der Waals surface area contributed by atoms with Crippen molar-refractivity contribution in [2.75, 3.05) is 13.1 Å². The SMILES string of the molecule is O=C(c1cc(-c2cccnc2)on1)N1CCC(Oc2nncs2)CC1. The van der Waals surface area contributed by atoms with Crippen molar-refractivity contribution in [2.45, 2.75) is 18.9 Å². The average molecular weight is 357 g/mol. The van der Waals surface area contributed by atoms with E-state index in [1.807, 2.05) is 12.1 Å². The molecule has 0 saturated carbocycles. The molecule has 0 atom stereocenters. The van der Waals surface area contributed by atoms with Gasteiger partial charge in [-0.25, -0.2) is 0 Å². The first-order valence-electron chi connectivity index (χ1n) is 7.89. The number of carbonyl (C=O) groups excluding carboxylic acids is 1. The van der Waals surface area contributed by atoms with E-state index in [1.165, 1.54) is 11.3 Å². The van der Waals surface area contributed by atoms with Crippen LogP contribution in [0.1, 0.15) is 23.3 Å². The Labute approximate surface area is 147 Å². The monoisotopic (exact) mass is 357 g/mol. The second-order valence-electron chi connectivity index (χ2n) is 5.63. The minimum absolute atomic E-state index is 0.0558. The van der Waals surface area contributed by atoms with Crippen LogP contribution in [0.4, 0.5) is 0 Å². The highest BCUT2D eigenvalue weighted by atomic mass is 32.1. The maximum absolute atomic E-state index is 12.6. The molecule has 0 spiro atoms. The second kappa shape index (κ2) is 6.98. The molecule has 1 aliphatic heterocycles. The average Bonchev–Trinajstić information content (AvgIpc) is 3.34. The van der Waals surface area contributed by atoms with Gasteiger partial charge >= 0.3 is 0 Å². The summed E-state index contributed by atoms with van der Waals surface area (Å²) in [6.07, 6.45) is 4.91. The van der Waals surface area contributed by atoms with Crippen LogP contribution in [0.15, 0.2) is 40.6 Å². The summed E-state index contributed by atoms with van der Waals surface area (Å²) in [4.78, 5) is 18.4. The molecule has 0 radical (unpaired) electrons. The van der Waals surface area contributed by atoms with Gasteiger partial charge in [-0.15, -0.1) is 10.2 Å². The summed E-state index contributed by atoms with van der Waals surface area (Å²) < 4.78 is 11.0. The van der Waals surface area contributed by atoms with Crippen LogP contribution in [0.2, 0.25) is 0 Å². The van der Waals surface area contributed by atoms with Crippen LogP contribution in [0.25, 0.3) is 11.3 Å². The Morgan fingerprint density at radius 2 is 2.24 bits per heavy atom. The Kier molecular flexibility index (Phi) is 4.38. The van der Waals surface area contributed by atoms with Crippen LogP contribution < -0.4 is 4.74 Å². The minimum atomic E-state index is -0.131. The summed E-state index contributed by atoms with van der Waals surface area (Å²) in [6.45, 7) is 1.22. The smallest absolute Gasteiger partial charge is 0.294 e. The van der Waals surface area contributed by atoms with Crippen molar-refractivity contribution in [3.8, 4) is 16.5 Å². The van der Waals surface area contributed by atoms with Gasteiger partial charge in [0.15, 0.2) is 11.5 Å². The molecule has 0 bridgehead atoms. The van der Waals surface area contributed by atoms with Gasteiger partial charge in [0.05, 0.1) is 0 Å². The molecule has 3 aromatic heterocycles. The molecule has 4 rings (SSSR count). The predicted octanol–water partition coefficient (Wildman–Crippen LogP) is 2.27. The number of hydrogen-bond donors (Lipinski definition) is 0. The van der Waals surface area contributed by atoms with Gasteiger partial charge in [0.2, 0.25) is 0 Å². The second-order valence-corrected chi connectivity index (χ2v) is 6.43. The number of amides is 1. The fourth-order valence-electron chi connectivity index (χ4n) is 2.72. The summed E-state index contributed by atoms with van der Waals surface area (Å²) in [5.74, 6) is 0.402. The van der Waals surface area contributed by atoms with Crippen molar-refractivity contribution in [1.29, 1.82) is 0 Å². The van der Waals surface area contributed by atoms with E-state index < -0.39 is 0 Å². The number of piperidine rings is 1. The standard InChI is InChI=1S/C16H15N5O3S/c22-15(13-8-14(24-20-13)11-2-1-5-17-9-11)21-6-3-12(4-7-21)23-16-19-18-10-25-16/h1-2,5,8-10,12H,3-4,6-7H2. The number of likely N-dealkylation sites (tertiary alicyclic amines) is 1. The van der Waals surface area contributed by atoms with Gasteiger partial charge in [0.1, 0.15) is 11.6 Å². The van der Waals surface area contributed by atoms with E-state index in [9.17, 15) is 4.79 Å². The van der Waals surface area contributed by atoms with E-state index in [0.717, 1.165) is 18.4 Å². The largest absolute Gasteiger partial charge is 0.465 e. The van der Waals surface area contributed by atoms with Crippen LogP contribution in [-0.4, -0.2) is 50.3 Å². The minimum Gasteiger partial charge on any atom is -0.465 e. The highest BCUT2D eigenvalue weighted by Gasteiger charge is 2.27. The Morgan fingerprint density at radius 3 is 2.96 bits per heavy atom. The van der Waals surface area contributed by atoms with Crippen molar-refractivity contribution < 1.29 is 14.1 Å². The zero-order valence-electron chi connectivity index (χ0n) is 13.2. The first kappa shape index (κ1) is 15.7. The van der Waals surface area contributed by atoms with Gasteiger partial charge < -0.3 is 14.2 Å². The summed E-state index contributed by atoms with van der Waals surface area (Å²) >= 11 is 1.37. The molecular formula is C16H15N5O3S. The van der Waals surface area contributed by atoms with Gasteiger partial charge in [-0.1, -0.05) is 16.5 Å². The molecule has 4 heterocycles. The van der Waals surface area contributed by atoms with Crippen LogP contribution >= 0.6 is 11.3 Å². The third kappa shape index (κ3) is 3.50. The number of pyridine rings is 1. The summed E-state index contributed by atoms with van der Waals surface area (Å²) in [5, 5.41) is 12.1. The number of nitrogens with zero attached hydrogens (tertiary/aromatic N) is 5. The maximum atomic E-state index is 12.6. The van der Waals surface area contributed by atoms with E-state index in [-0.39, 0.29) is 12.0 Å². The molecule has 1 amide bonds. The van der Waals surface area contributed by atoms with Crippen molar-refractivity contribution in [3.63, 3.8) is 0 Å². The lowest BCUT2D eigenvalue weighted by atomic mass is 10.1. The number of aromatic nitrogens is 4. The fourth-order valence-corrected chi connectivity index (χ4v) is 3.19. The highest BCUT2D eigenvalue weighted by Crippen LogP contribution is 2.23. The number of carbonyl (C=O) groups is 1. The van der Waals surface area contributed by atoms with Gasteiger partial charge in [-0.05, 0) is 12.1 Å². The first-order chi connectivity index (χ1) is 12.3. The molecule has 0 N–H and O–H groups in total. The molecule has 0 aliphatic carbocycles. The van der Waals surface area contributed by atoms with Gasteiger partial charge in [-0.3, -0.25) is 9.78 Å². The lowest BCUT2D eigenvalue weighted by Gasteiger charge is -2.30. The molecule has 128 valence electrons. The normalized spacial score (nSPS) is 15.3. The fraction of sp³-hybridized carbons (Fsp3) is 0.312. The highest BCUT2D eigenvalue weighted by molar-refractivity contribution is 7.11. The van der Waals surface area contributed by atoms with Gasteiger partial charge in [0.25, 0.3) is 11.1 Å². The number of rotatable bonds is 4. The molecule has 8 nitrogen and oxygen atoms in total. The van der Waals surface area contributed by atoms with Crippen LogP contribution in [-0.2, 0) is 0 Å². The molecule has 0 unspecified atom stereocenters. The number of hydrogen-bond acceptors (Lipinski definition) is 8. The molecule has 9 heteroatoms. The molecule has 0 aromatic carbocycles. The number of ether oxygens (including phenoxy) is 1. The van der Waals surface area contributed by atoms with Crippen LogP contribution in [0.3, 0.4) is 0 Å². The van der Waals surface area contributed by atoms with Gasteiger partial charge in [0, 0.05) is 50.0 Å². The molecule has 3 aromatic rings. The Hall–Kier alpha value is -2.81. The quantitative estimate of drug-likeness (QED) is 0.707. The Bertz CT molecular complexity index is 829. The molecular weight excluding hydrogens is 342 g/mol. The third-order valence-corrected chi connectivity index (χ3v) is 4.59. The van der Waals surface area contributed by atoms with Crippen LogP contribution in [0, 0.1) is 0 Å². The Balaban J connectivity index is 1.37. The first-order valence-corrected chi connectivity index (χ1v) is 8.77. The summed E-state index contributed by atoms with van der Waals surface area (Å²) in [6, 6.07) is 5.32. The topological polar surface area (TPSA) is 94.2 Å². The van der Waals surface area contributed by atoms with Crippen molar-refractivity contribution in [3.05, 3.63) is 41.8 Å². The third-order valence-electron chi connectivity index (χ3n) is 4.01. The maximum Gasteiger partial charge on any atom is 0.294 e. The lowest BCUT2D eigenvalue weighted by molar-refractivity contribution is 0.0584. The van der Waals surface area contributed by atoms with Crippen molar-refractivity contribution in [1.82, 2.24) is 25.2 Å². The molecule has 1 saturated heterocycles. The zero-order chi connectivity index (χ0) is 17.1.